The molecule has 1 saturated heterocycles. The van der Waals surface area contributed by atoms with E-state index in [1.165, 1.54) is 12.1 Å². The fourth-order valence-corrected chi connectivity index (χ4v) is 5.00. The van der Waals surface area contributed by atoms with Gasteiger partial charge in [-0.25, -0.2) is 4.39 Å². The second kappa shape index (κ2) is 12.7. The minimum Gasteiger partial charge on any atom is -0.383 e. The van der Waals surface area contributed by atoms with Gasteiger partial charge in [0.05, 0.1) is 13.2 Å². The normalized spacial score (nSPS) is 16.1. The second-order valence-corrected chi connectivity index (χ2v) is 9.62. The molecule has 1 saturated carbocycles. The summed E-state index contributed by atoms with van der Waals surface area (Å²) in [5, 5.41) is 2.89. The van der Waals surface area contributed by atoms with Crippen molar-refractivity contribution in [2.24, 2.45) is 5.92 Å². The molecule has 198 valence electrons. The average molecular weight is 511 g/mol. The maximum atomic E-state index is 13.5. The Morgan fingerprint density at radius 2 is 1.73 bits per heavy atom. The van der Waals surface area contributed by atoms with E-state index in [2.05, 4.69) is 10.2 Å². The molecule has 1 N–H and O–H groups in total. The van der Waals surface area contributed by atoms with Gasteiger partial charge < -0.3 is 24.8 Å². The molecular formula is C28H35FN4O4. The Balaban J connectivity index is 1.28. The van der Waals surface area contributed by atoms with Crippen molar-refractivity contribution in [3.05, 3.63) is 59.9 Å². The molecule has 1 heterocycles. The highest BCUT2D eigenvalue weighted by atomic mass is 19.1. The van der Waals surface area contributed by atoms with Crippen LogP contribution in [0.4, 0.5) is 15.8 Å². The van der Waals surface area contributed by atoms with E-state index in [1.54, 1.807) is 29.0 Å². The van der Waals surface area contributed by atoms with Crippen LogP contribution in [0.1, 0.15) is 36.0 Å². The van der Waals surface area contributed by atoms with E-state index in [-0.39, 0.29) is 30.2 Å². The predicted molar refractivity (Wildman–Crippen MR) is 140 cm³/mol. The number of halogens is 1. The number of anilines is 2. The Morgan fingerprint density at radius 3 is 2.38 bits per heavy atom. The van der Waals surface area contributed by atoms with E-state index in [1.807, 2.05) is 24.3 Å². The summed E-state index contributed by atoms with van der Waals surface area (Å²) in [5.41, 5.74) is 2.02. The minimum absolute atomic E-state index is 0.00173. The van der Waals surface area contributed by atoms with Gasteiger partial charge in [0.25, 0.3) is 5.91 Å². The lowest BCUT2D eigenvalue weighted by atomic mass is 10.1. The maximum absolute atomic E-state index is 13.5. The molecule has 0 atom stereocenters. The summed E-state index contributed by atoms with van der Waals surface area (Å²) in [6, 6.07) is 13.3. The number of methoxy groups -OCH3 is 1. The van der Waals surface area contributed by atoms with E-state index >= 15 is 0 Å². The summed E-state index contributed by atoms with van der Waals surface area (Å²) in [7, 11) is 1.59. The maximum Gasteiger partial charge on any atom is 0.254 e. The van der Waals surface area contributed by atoms with E-state index in [0.29, 0.717) is 50.6 Å². The number of nitrogens with zero attached hydrogens (tertiary/aromatic N) is 3. The Hall–Kier alpha value is -3.46. The number of hydrogen-bond acceptors (Lipinski definition) is 5. The number of ether oxygens (including phenoxy) is 1. The number of rotatable bonds is 9. The Labute approximate surface area is 217 Å². The first-order valence-corrected chi connectivity index (χ1v) is 12.9. The molecule has 0 bridgehead atoms. The van der Waals surface area contributed by atoms with Gasteiger partial charge in [-0.05, 0) is 55.3 Å². The number of nitrogens with one attached hydrogen (secondary N) is 1. The number of amides is 3. The van der Waals surface area contributed by atoms with Crippen molar-refractivity contribution in [3.63, 3.8) is 0 Å². The first kappa shape index (κ1) is 26.6. The lowest BCUT2D eigenvalue weighted by Gasteiger charge is -2.36. The van der Waals surface area contributed by atoms with Crippen LogP contribution in [0.15, 0.2) is 48.5 Å². The molecule has 0 spiro atoms. The van der Waals surface area contributed by atoms with Crippen LogP contribution in [0.2, 0.25) is 0 Å². The first-order chi connectivity index (χ1) is 17.9. The smallest absolute Gasteiger partial charge is 0.254 e. The third-order valence-electron chi connectivity index (χ3n) is 7.07. The van der Waals surface area contributed by atoms with Crippen LogP contribution >= 0.6 is 0 Å². The van der Waals surface area contributed by atoms with Gasteiger partial charge in [-0.2, -0.15) is 0 Å². The summed E-state index contributed by atoms with van der Waals surface area (Å²) in [5.74, 6) is -0.772. The molecule has 8 nitrogen and oxygen atoms in total. The third-order valence-corrected chi connectivity index (χ3v) is 7.07. The van der Waals surface area contributed by atoms with Crippen LogP contribution in [0.5, 0.6) is 0 Å². The zero-order valence-electron chi connectivity index (χ0n) is 21.3. The van der Waals surface area contributed by atoms with Gasteiger partial charge in [-0.15, -0.1) is 0 Å². The van der Waals surface area contributed by atoms with E-state index in [9.17, 15) is 18.8 Å². The summed E-state index contributed by atoms with van der Waals surface area (Å²) >= 11 is 0. The highest BCUT2D eigenvalue weighted by Gasteiger charge is 2.28. The fourth-order valence-electron chi connectivity index (χ4n) is 5.00. The number of carbonyl (C=O) groups excluding carboxylic acids is 3. The van der Waals surface area contributed by atoms with Gasteiger partial charge in [0.1, 0.15) is 5.82 Å². The molecule has 37 heavy (non-hydrogen) atoms. The lowest BCUT2D eigenvalue weighted by molar-refractivity contribution is -0.138. The molecule has 2 aliphatic rings. The Bertz CT molecular complexity index is 1080. The minimum atomic E-state index is -0.417. The molecule has 0 aromatic heterocycles. The van der Waals surface area contributed by atoms with Crippen LogP contribution < -0.4 is 10.2 Å². The highest BCUT2D eigenvalue weighted by Crippen LogP contribution is 2.26. The monoisotopic (exact) mass is 510 g/mol. The number of benzene rings is 2. The zero-order chi connectivity index (χ0) is 26.2. The zero-order valence-corrected chi connectivity index (χ0v) is 21.3. The van der Waals surface area contributed by atoms with Crippen molar-refractivity contribution in [2.75, 3.05) is 63.2 Å². The van der Waals surface area contributed by atoms with Gasteiger partial charge in [0.2, 0.25) is 11.8 Å². The van der Waals surface area contributed by atoms with Crippen molar-refractivity contribution in [2.45, 2.75) is 25.7 Å². The quantitative estimate of drug-likeness (QED) is 0.559. The molecular weight excluding hydrogens is 475 g/mol. The lowest BCUT2D eigenvalue weighted by Crippen LogP contribution is -2.48. The summed E-state index contributed by atoms with van der Waals surface area (Å²) in [4.78, 5) is 43.8. The fraction of sp³-hybridized carbons (Fsp3) is 0.464. The molecule has 2 aromatic rings. The van der Waals surface area contributed by atoms with Crippen molar-refractivity contribution < 1.29 is 23.5 Å². The summed E-state index contributed by atoms with van der Waals surface area (Å²) < 4.78 is 18.6. The average Bonchev–Trinajstić information content (AvgIpc) is 3.46. The molecule has 0 unspecified atom stereocenters. The molecule has 3 amide bonds. The van der Waals surface area contributed by atoms with Gasteiger partial charge in [0, 0.05) is 62.7 Å². The third kappa shape index (κ3) is 7.07. The molecule has 4 rings (SSSR count). The summed E-state index contributed by atoms with van der Waals surface area (Å²) in [6.07, 6.45) is 3.90. The Morgan fingerprint density at radius 1 is 1.03 bits per heavy atom. The van der Waals surface area contributed by atoms with Gasteiger partial charge in [-0.1, -0.05) is 18.9 Å². The number of carbonyl (C=O) groups is 3. The van der Waals surface area contributed by atoms with Crippen molar-refractivity contribution in [1.82, 2.24) is 9.80 Å². The van der Waals surface area contributed by atoms with Crippen LogP contribution in [0.3, 0.4) is 0 Å². The topological polar surface area (TPSA) is 82.2 Å². The van der Waals surface area contributed by atoms with Crippen LogP contribution in [0, 0.1) is 11.7 Å². The number of hydrogen-bond donors (Lipinski definition) is 1. The van der Waals surface area contributed by atoms with Gasteiger partial charge in [0.15, 0.2) is 0 Å². The molecule has 1 aliphatic heterocycles. The van der Waals surface area contributed by atoms with Crippen LogP contribution in [0.25, 0.3) is 0 Å². The second-order valence-electron chi connectivity index (χ2n) is 9.62. The standard InChI is InChI=1S/C28H35FN4O4/c1-37-18-17-33(27(35)21-5-2-3-6-21)20-26(34)30-24-9-11-25(12-10-24)31-13-15-32(16-14-31)28(36)22-7-4-8-23(29)19-22/h4,7-12,19,21H,2-3,5-6,13-18,20H2,1H3,(H,30,34). The van der Waals surface area contributed by atoms with Gasteiger partial charge in [-0.3, -0.25) is 14.4 Å². The molecule has 2 aromatic carbocycles. The Kier molecular flexibility index (Phi) is 9.11. The molecule has 9 heteroatoms. The number of piperazine rings is 1. The first-order valence-electron chi connectivity index (χ1n) is 12.9. The summed E-state index contributed by atoms with van der Waals surface area (Å²) in [6.45, 7) is 3.19. The van der Waals surface area contributed by atoms with Gasteiger partial charge >= 0.3 is 0 Å². The van der Waals surface area contributed by atoms with Crippen LogP contribution in [-0.4, -0.2) is 80.5 Å². The largest absolute Gasteiger partial charge is 0.383 e. The van der Waals surface area contributed by atoms with Crippen molar-refractivity contribution in [1.29, 1.82) is 0 Å². The molecule has 0 radical (unpaired) electrons. The molecule has 2 fully saturated rings. The van der Waals surface area contributed by atoms with E-state index < -0.39 is 5.82 Å². The molecule has 1 aliphatic carbocycles. The van der Waals surface area contributed by atoms with E-state index in [4.69, 9.17) is 4.74 Å². The van der Waals surface area contributed by atoms with Crippen molar-refractivity contribution >= 4 is 29.1 Å². The van der Waals surface area contributed by atoms with Crippen LogP contribution in [-0.2, 0) is 14.3 Å². The van der Waals surface area contributed by atoms with E-state index in [0.717, 1.165) is 31.4 Å². The predicted octanol–water partition coefficient (Wildman–Crippen LogP) is 3.39. The highest BCUT2D eigenvalue weighted by molar-refractivity contribution is 5.95. The SMILES string of the molecule is COCCN(CC(=O)Nc1ccc(N2CCN(C(=O)c3cccc(F)c3)CC2)cc1)C(=O)C1CCCC1. The van der Waals surface area contributed by atoms with Crippen molar-refractivity contribution in [3.8, 4) is 0 Å².